The zero-order chi connectivity index (χ0) is 14.3. The number of aromatic nitrogens is 2. The van der Waals surface area contributed by atoms with Crippen molar-refractivity contribution in [1.82, 2.24) is 9.97 Å². The summed E-state index contributed by atoms with van der Waals surface area (Å²) < 4.78 is 0.774. The number of carbonyl (C=O) groups excluding carboxylic acids is 1. The van der Waals surface area contributed by atoms with E-state index in [1.165, 1.54) is 11.3 Å². The molecule has 0 radical (unpaired) electrons. The predicted octanol–water partition coefficient (Wildman–Crippen LogP) is 5.13. The Morgan fingerprint density at radius 2 is 1.85 bits per heavy atom. The number of hydrogen-bond acceptors (Lipinski definition) is 4. The summed E-state index contributed by atoms with van der Waals surface area (Å²) in [4.78, 5) is 19.3. The van der Waals surface area contributed by atoms with Gasteiger partial charge in [0.2, 0.25) is 0 Å². The van der Waals surface area contributed by atoms with Crippen LogP contribution in [0.3, 0.4) is 0 Å². The maximum Gasteiger partial charge on any atom is 0.150 e. The van der Waals surface area contributed by atoms with Gasteiger partial charge in [-0.15, -0.1) is 11.3 Å². The van der Waals surface area contributed by atoms with Gasteiger partial charge in [0.1, 0.15) is 16.4 Å². The highest BCUT2D eigenvalue weighted by Gasteiger charge is 2.16. The van der Waals surface area contributed by atoms with E-state index in [4.69, 9.17) is 34.8 Å². The van der Waals surface area contributed by atoms with Crippen LogP contribution in [0.1, 0.15) is 10.4 Å². The van der Waals surface area contributed by atoms with E-state index in [0.717, 1.165) is 10.2 Å². The molecular formula is C13H5Cl3N2OS. The lowest BCUT2D eigenvalue weighted by molar-refractivity contribution is 0.112. The lowest BCUT2D eigenvalue weighted by atomic mass is 10.1. The van der Waals surface area contributed by atoms with Gasteiger partial charge in [0.15, 0.2) is 0 Å². The molecule has 1 aromatic carbocycles. The molecule has 0 saturated carbocycles. The van der Waals surface area contributed by atoms with Gasteiger partial charge in [-0.25, -0.2) is 9.97 Å². The van der Waals surface area contributed by atoms with Crippen molar-refractivity contribution in [2.75, 3.05) is 0 Å². The van der Waals surface area contributed by atoms with E-state index in [2.05, 4.69) is 9.97 Å². The molecule has 0 amide bonds. The molecule has 3 rings (SSSR count). The average molecular weight is 344 g/mol. The summed E-state index contributed by atoms with van der Waals surface area (Å²) in [6.45, 7) is 0. The molecule has 0 bridgehead atoms. The normalized spacial score (nSPS) is 10.9. The second kappa shape index (κ2) is 5.30. The van der Waals surface area contributed by atoms with Gasteiger partial charge in [-0.05, 0) is 18.2 Å². The van der Waals surface area contributed by atoms with Crippen molar-refractivity contribution in [2.45, 2.75) is 0 Å². The molecule has 0 fully saturated rings. The first-order valence-corrected chi connectivity index (χ1v) is 7.41. The van der Waals surface area contributed by atoms with Gasteiger partial charge in [0.05, 0.1) is 20.3 Å². The third-order valence-corrected chi connectivity index (χ3v) is 4.77. The summed E-state index contributed by atoms with van der Waals surface area (Å²) in [7, 11) is 0. The molecule has 0 aliphatic heterocycles. The van der Waals surface area contributed by atoms with Crippen molar-refractivity contribution in [2.24, 2.45) is 0 Å². The summed E-state index contributed by atoms with van der Waals surface area (Å²) in [5.41, 5.74) is 1.75. The van der Waals surface area contributed by atoms with Gasteiger partial charge in [0.25, 0.3) is 0 Å². The molecule has 0 saturated heterocycles. The summed E-state index contributed by atoms with van der Waals surface area (Å²) in [6, 6.07) is 4.88. The number of halogens is 3. The molecule has 0 spiro atoms. The lowest BCUT2D eigenvalue weighted by Crippen LogP contribution is -1.85. The van der Waals surface area contributed by atoms with E-state index in [-0.39, 0.29) is 0 Å². The van der Waals surface area contributed by atoms with Crippen LogP contribution in [0.5, 0.6) is 0 Å². The zero-order valence-electron chi connectivity index (χ0n) is 9.73. The first kappa shape index (κ1) is 13.8. The number of carbonyl (C=O) groups is 1. The van der Waals surface area contributed by atoms with Crippen LogP contribution in [0.4, 0.5) is 0 Å². The fourth-order valence-corrected chi connectivity index (χ4v) is 3.88. The van der Waals surface area contributed by atoms with Crippen molar-refractivity contribution in [1.29, 1.82) is 0 Å². The third-order valence-electron chi connectivity index (χ3n) is 2.68. The van der Waals surface area contributed by atoms with Crippen LogP contribution in [-0.4, -0.2) is 16.3 Å². The highest BCUT2D eigenvalue weighted by Crippen LogP contribution is 2.40. The summed E-state index contributed by atoms with van der Waals surface area (Å²) >= 11 is 19.8. The monoisotopic (exact) mass is 342 g/mol. The number of fused-ring (bicyclic) bond motifs is 1. The molecule has 2 aromatic heterocycles. The van der Waals surface area contributed by atoms with Crippen LogP contribution in [0.15, 0.2) is 24.4 Å². The van der Waals surface area contributed by atoms with E-state index in [0.29, 0.717) is 37.6 Å². The Morgan fingerprint density at radius 1 is 1.15 bits per heavy atom. The number of aldehydes is 1. The Bertz CT molecular complexity index is 809. The minimum Gasteiger partial charge on any atom is -0.298 e. The van der Waals surface area contributed by atoms with Crippen molar-refractivity contribution in [3.05, 3.63) is 45.2 Å². The third kappa shape index (κ3) is 2.29. The molecule has 0 N–H and O–H groups in total. The van der Waals surface area contributed by atoms with Crippen molar-refractivity contribution in [3.63, 3.8) is 0 Å². The van der Waals surface area contributed by atoms with Crippen LogP contribution in [0.25, 0.3) is 20.8 Å². The number of rotatable bonds is 2. The fourth-order valence-electron chi connectivity index (χ4n) is 1.80. The van der Waals surface area contributed by atoms with Gasteiger partial charge in [-0.1, -0.05) is 34.8 Å². The molecule has 0 atom stereocenters. The molecule has 0 aliphatic carbocycles. The summed E-state index contributed by atoms with van der Waals surface area (Å²) in [5.74, 6) is 0. The van der Waals surface area contributed by atoms with E-state index in [1.807, 2.05) is 0 Å². The number of pyridine rings is 1. The minimum absolute atomic E-state index is 0.378. The molecule has 2 heterocycles. The summed E-state index contributed by atoms with van der Waals surface area (Å²) in [5, 5.41) is 1.79. The molecule has 0 unspecified atom stereocenters. The number of nitrogens with zero attached hydrogens (tertiary/aromatic N) is 2. The van der Waals surface area contributed by atoms with Crippen molar-refractivity contribution >= 4 is 62.6 Å². The van der Waals surface area contributed by atoms with Gasteiger partial charge >= 0.3 is 0 Å². The van der Waals surface area contributed by atoms with Crippen LogP contribution >= 0.6 is 46.1 Å². The minimum atomic E-state index is 0.378. The lowest BCUT2D eigenvalue weighted by Gasteiger charge is -2.04. The Hall–Kier alpha value is -1.20. The first-order valence-electron chi connectivity index (χ1n) is 5.46. The fraction of sp³-hybridized carbons (Fsp3) is 0. The van der Waals surface area contributed by atoms with Gasteiger partial charge in [-0.2, -0.15) is 0 Å². The number of benzene rings is 1. The van der Waals surface area contributed by atoms with E-state index >= 15 is 0 Å². The highest BCUT2D eigenvalue weighted by molar-refractivity contribution is 7.22. The van der Waals surface area contributed by atoms with Crippen LogP contribution < -0.4 is 0 Å². The summed E-state index contributed by atoms with van der Waals surface area (Å²) in [6.07, 6.45) is 2.29. The molecule has 3 nitrogen and oxygen atoms in total. The molecule has 100 valence electrons. The van der Waals surface area contributed by atoms with Crippen LogP contribution in [-0.2, 0) is 0 Å². The van der Waals surface area contributed by atoms with E-state index in [1.54, 1.807) is 24.4 Å². The average Bonchev–Trinajstić information content (AvgIpc) is 2.82. The Balaban J connectivity index is 2.25. The predicted molar refractivity (Wildman–Crippen MR) is 83.3 cm³/mol. The molecule has 20 heavy (non-hydrogen) atoms. The second-order valence-corrected chi connectivity index (χ2v) is 6.12. The Kier molecular flexibility index (Phi) is 3.65. The van der Waals surface area contributed by atoms with Crippen LogP contribution in [0, 0.1) is 0 Å². The van der Waals surface area contributed by atoms with Crippen molar-refractivity contribution in [3.8, 4) is 10.6 Å². The quantitative estimate of drug-likeness (QED) is 0.478. The van der Waals surface area contributed by atoms with Gasteiger partial charge in [-0.3, -0.25) is 4.79 Å². The molecule has 3 aromatic rings. The largest absolute Gasteiger partial charge is 0.298 e. The second-order valence-electron chi connectivity index (χ2n) is 3.95. The smallest absolute Gasteiger partial charge is 0.150 e. The maximum absolute atomic E-state index is 10.8. The molecule has 0 aliphatic rings. The first-order chi connectivity index (χ1) is 9.60. The Morgan fingerprint density at radius 3 is 2.45 bits per heavy atom. The van der Waals surface area contributed by atoms with Gasteiger partial charge < -0.3 is 0 Å². The SMILES string of the molecule is O=Cc1cc(Cl)c(-c2nc3ccnc(Cl)c3s2)c(Cl)c1. The van der Waals surface area contributed by atoms with E-state index in [9.17, 15) is 4.79 Å². The van der Waals surface area contributed by atoms with Crippen LogP contribution in [0.2, 0.25) is 15.2 Å². The molecule has 7 heteroatoms. The van der Waals surface area contributed by atoms with Crippen molar-refractivity contribution < 1.29 is 4.79 Å². The standard InChI is InChI=1S/C13H5Cl3N2OS/c14-7-3-6(5-19)4-8(15)10(7)13-18-9-1-2-17-12(16)11(9)20-13/h1-5H. The highest BCUT2D eigenvalue weighted by atomic mass is 35.5. The number of hydrogen-bond donors (Lipinski definition) is 0. The molecular weight excluding hydrogens is 339 g/mol. The number of thiazole rings is 1. The zero-order valence-corrected chi connectivity index (χ0v) is 12.8. The Labute approximate surface area is 133 Å². The topological polar surface area (TPSA) is 42.9 Å². The van der Waals surface area contributed by atoms with Gasteiger partial charge in [0, 0.05) is 17.3 Å². The van der Waals surface area contributed by atoms with E-state index < -0.39 is 0 Å². The maximum atomic E-state index is 10.8.